The lowest BCUT2D eigenvalue weighted by Crippen LogP contribution is -2.05. The van der Waals surface area contributed by atoms with Gasteiger partial charge in [-0.2, -0.15) is 9.78 Å². The molecule has 164 valence electrons. The van der Waals surface area contributed by atoms with Crippen molar-refractivity contribution in [3.63, 3.8) is 0 Å². The van der Waals surface area contributed by atoms with Gasteiger partial charge in [-0.1, -0.05) is 6.07 Å². The smallest absolute Gasteiger partial charge is 0.167 e. The second-order valence-electron chi connectivity index (χ2n) is 8.50. The van der Waals surface area contributed by atoms with E-state index in [1.807, 2.05) is 36.4 Å². The highest BCUT2D eigenvalue weighted by atomic mass is 15.3. The molecule has 1 aromatic carbocycles. The van der Waals surface area contributed by atoms with E-state index in [2.05, 4.69) is 37.8 Å². The van der Waals surface area contributed by atoms with Gasteiger partial charge in [0, 0.05) is 23.5 Å². The maximum absolute atomic E-state index is 6.27. The summed E-state index contributed by atoms with van der Waals surface area (Å²) in [4.78, 5) is 18.7. The van der Waals surface area contributed by atoms with Crippen molar-refractivity contribution in [2.75, 3.05) is 5.73 Å². The number of nitrogens with two attached hydrogens (primary N) is 1. The van der Waals surface area contributed by atoms with Gasteiger partial charge < -0.3 is 5.73 Å². The molecule has 0 atom stereocenters. The highest BCUT2D eigenvalue weighted by Crippen LogP contribution is 2.33. The van der Waals surface area contributed by atoms with Gasteiger partial charge in [0.15, 0.2) is 22.9 Å². The molecule has 1 aliphatic carbocycles. The number of benzene rings is 1. The van der Waals surface area contributed by atoms with Gasteiger partial charge in [0.1, 0.15) is 11.3 Å². The van der Waals surface area contributed by atoms with Crippen LogP contribution in [0.15, 0.2) is 73.2 Å². The van der Waals surface area contributed by atoms with Crippen molar-refractivity contribution >= 4 is 28.0 Å². The number of fused-ring (bicyclic) bond motifs is 3. The zero-order chi connectivity index (χ0) is 22.6. The Morgan fingerprint density at radius 1 is 0.824 bits per heavy atom. The Morgan fingerprint density at radius 2 is 1.71 bits per heavy atom. The second kappa shape index (κ2) is 7.21. The number of aryl methyl sites for hydroxylation is 2. The predicted molar refractivity (Wildman–Crippen MR) is 131 cm³/mol. The van der Waals surface area contributed by atoms with Crippen molar-refractivity contribution in [2.24, 2.45) is 0 Å². The number of hydrogen-bond acceptors (Lipinski definition) is 6. The molecule has 0 aliphatic heterocycles. The molecule has 0 unspecified atom stereocenters. The molecule has 8 nitrogen and oxygen atoms in total. The van der Waals surface area contributed by atoms with E-state index < -0.39 is 0 Å². The summed E-state index contributed by atoms with van der Waals surface area (Å²) in [7, 11) is 0. The average molecular weight is 445 g/mol. The van der Waals surface area contributed by atoms with E-state index in [0.29, 0.717) is 17.5 Å². The summed E-state index contributed by atoms with van der Waals surface area (Å²) in [6.45, 7) is 0. The monoisotopic (exact) mass is 444 g/mol. The molecule has 1 aliphatic rings. The fraction of sp³-hybridized carbons (Fsp3) is 0.115. The Kier molecular flexibility index (Phi) is 4.01. The molecule has 0 amide bonds. The molecular formula is C26H20N8. The van der Waals surface area contributed by atoms with E-state index in [4.69, 9.17) is 15.7 Å². The fourth-order valence-electron chi connectivity index (χ4n) is 4.82. The van der Waals surface area contributed by atoms with Gasteiger partial charge in [0.2, 0.25) is 0 Å². The van der Waals surface area contributed by atoms with Crippen LogP contribution in [0.2, 0.25) is 0 Å². The van der Waals surface area contributed by atoms with Gasteiger partial charge >= 0.3 is 0 Å². The standard InChI is InChI=1S/C26H20N8/c27-23-20(7-3-12-28-23)25-31-21-10-11-22(34-24-18(15-30-34)6-2-13-29-24)32-26(21)33(25)19-9-8-16-4-1-5-17(16)14-19/h2-3,6-15H,1,4-5H2,(H2,27,28). The number of nitrogens with zero attached hydrogens (tertiary/aromatic N) is 7. The molecule has 0 bridgehead atoms. The summed E-state index contributed by atoms with van der Waals surface area (Å²) in [5.74, 6) is 1.82. The SMILES string of the molecule is Nc1ncccc1-c1nc2ccc(-n3ncc4cccnc43)nc2n1-c1ccc2c(c1)CCC2. The van der Waals surface area contributed by atoms with Crippen LogP contribution in [0.3, 0.4) is 0 Å². The molecule has 0 radical (unpaired) electrons. The minimum absolute atomic E-state index is 0.433. The Balaban J connectivity index is 1.51. The highest BCUT2D eigenvalue weighted by Gasteiger charge is 2.21. The fourth-order valence-corrected chi connectivity index (χ4v) is 4.82. The first kappa shape index (κ1) is 18.9. The van der Waals surface area contributed by atoms with Crippen molar-refractivity contribution in [3.8, 4) is 22.9 Å². The molecule has 34 heavy (non-hydrogen) atoms. The van der Waals surface area contributed by atoms with E-state index in [-0.39, 0.29) is 0 Å². The number of hydrogen-bond donors (Lipinski definition) is 1. The van der Waals surface area contributed by atoms with Crippen LogP contribution >= 0.6 is 0 Å². The zero-order valence-corrected chi connectivity index (χ0v) is 18.3. The third-order valence-corrected chi connectivity index (χ3v) is 6.46. The molecule has 2 N–H and O–H groups in total. The van der Waals surface area contributed by atoms with E-state index in [9.17, 15) is 0 Å². The summed E-state index contributed by atoms with van der Waals surface area (Å²) >= 11 is 0. The first-order valence-corrected chi connectivity index (χ1v) is 11.3. The quantitative estimate of drug-likeness (QED) is 0.437. The number of imidazole rings is 1. The summed E-state index contributed by atoms with van der Waals surface area (Å²) in [6.07, 6.45) is 8.65. The van der Waals surface area contributed by atoms with Gasteiger partial charge in [-0.3, -0.25) is 4.57 Å². The van der Waals surface area contributed by atoms with Crippen LogP contribution in [0.1, 0.15) is 17.5 Å². The lowest BCUT2D eigenvalue weighted by atomic mass is 10.1. The second-order valence-corrected chi connectivity index (χ2v) is 8.50. The van der Waals surface area contributed by atoms with E-state index in [1.54, 1.807) is 23.3 Å². The van der Waals surface area contributed by atoms with Gasteiger partial charge in [-0.25, -0.2) is 19.9 Å². The van der Waals surface area contributed by atoms with Gasteiger partial charge in [0.05, 0.1) is 11.8 Å². The molecule has 0 saturated heterocycles. The van der Waals surface area contributed by atoms with Crippen LogP contribution in [-0.2, 0) is 12.8 Å². The number of anilines is 1. The maximum Gasteiger partial charge on any atom is 0.167 e. The van der Waals surface area contributed by atoms with Gasteiger partial charge in [0.25, 0.3) is 0 Å². The van der Waals surface area contributed by atoms with Crippen molar-refractivity contribution in [3.05, 3.63) is 84.3 Å². The van der Waals surface area contributed by atoms with E-state index in [1.165, 1.54) is 17.5 Å². The Morgan fingerprint density at radius 3 is 2.65 bits per heavy atom. The van der Waals surface area contributed by atoms with Crippen LogP contribution in [0.25, 0.3) is 45.1 Å². The first-order valence-electron chi connectivity index (χ1n) is 11.3. The van der Waals surface area contributed by atoms with Crippen LogP contribution in [0, 0.1) is 0 Å². The number of rotatable bonds is 3. The minimum Gasteiger partial charge on any atom is -0.383 e. The molecule has 7 rings (SSSR count). The average Bonchev–Trinajstić information content (AvgIpc) is 3.59. The van der Waals surface area contributed by atoms with E-state index >= 15 is 0 Å². The molecule has 6 aromatic rings. The Hall–Kier alpha value is -4.59. The molecule has 5 aromatic heterocycles. The zero-order valence-electron chi connectivity index (χ0n) is 18.3. The predicted octanol–water partition coefficient (Wildman–Crippen LogP) is 4.29. The molecular weight excluding hydrogens is 424 g/mol. The molecule has 8 heteroatoms. The minimum atomic E-state index is 0.433. The lowest BCUT2D eigenvalue weighted by molar-refractivity contribution is 0.865. The maximum atomic E-state index is 6.27. The normalized spacial score (nSPS) is 13.1. The Bertz CT molecular complexity index is 1710. The molecule has 0 spiro atoms. The molecule has 5 heterocycles. The first-order chi connectivity index (χ1) is 16.8. The summed E-state index contributed by atoms with van der Waals surface area (Å²) < 4.78 is 3.83. The summed E-state index contributed by atoms with van der Waals surface area (Å²) in [5, 5.41) is 5.49. The molecule has 0 saturated carbocycles. The highest BCUT2D eigenvalue weighted by molar-refractivity contribution is 5.84. The third-order valence-electron chi connectivity index (χ3n) is 6.46. The molecule has 0 fully saturated rings. The summed E-state index contributed by atoms with van der Waals surface area (Å²) in [5.41, 5.74) is 13.1. The number of aromatic nitrogens is 7. The van der Waals surface area contributed by atoms with Gasteiger partial charge in [-0.05, 0) is 78.9 Å². The topological polar surface area (TPSA) is 100 Å². The van der Waals surface area contributed by atoms with E-state index in [0.717, 1.165) is 46.3 Å². The van der Waals surface area contributed by atoms with Crippen LogP contribution in [0.5, 0.6) is 0 Å². The Labute approximate surface area is 194 Å². The van der Waals surface area contributed by atoms with Crippen molar-refractivity contribution in [1.82, 2.24) is 34.3 Å². The number of pyridine rings is 3. The van der Waals surface area contributed by atoms with Crippen molar-refractivity contribution in [2.45, 2.75) is 19.3 Å². The van der Waals surface area contributed by atoms with Crippen molar-refractivity contribution in [1.29, 1.82) is 0 Å². The van der Waals surface area contributed by atoms with Crippen molar-refractivity contribution < 1.29 is 0 Å². The third kappa shape index (κ3) is 2.82. The lowest BCUT2D eigenvalue weighted by Gasteiger charge is -2.12. The van der Waals surface area contributed by atoms with Crippen LogP contribution < -0.4 is 5.73 Å². The van der Waals surface area contributed by atoms with Crippen LogP contribution in [-0.4, -0.2) is 34.3 Å². The number of nitrogen functional groups attached to an aromatic ring is 1. The largest absolute Gasteiger partial charge is 0.383 e. The summed E-state index contributed by atoms with van der Waals surface area (Å²) in [6, 6.07) is 18.2. The van der Waals surface area contributed by atoms with Gasteiger partial charge in [-0.15, -0.1) is 0 Å². The van der Waals surface area contributed by atoms with Crippen LogP contribution in [0.4, 0.5) is 5.82 Å².